The lowest BCUT2D eigenvalue weighted by molar-refractivity contribution is 0.0944. The average Bonchev–Trinajstić information content (AvgIpc) is 2.35. The molecule has 0 aliphatic rings. The summed E-state index contributed by atoms with van der Waals surface area (Å²) in [4.78, 5) is 18.1. The Hall–Kier alpha value is -0.690. The Morgan fingerprint density at radius 2 is 2.12 bits per heavy atom. The highest BCUT2D eigenvalue weighted by Gasteiger charge is 2.06. The SMILES string of the molecule is CCN(CC)CCNC(=O)c1ccc(I)cn1. The summed E-state index contributed by atoms with van der Waals surface area (Å²) in [6.45, 7) is 7.79. The van der Waals surface area contributed by atoms with E-state index in [1.54, 1.807) is 12.3 Å². The number of amides is 1. The van der Waals surface area contributed by atoms with Crippen molar-refractivity contribution in [2.24, 2.45) is 0 Å². The molecule has 0 saturated carbocycles. The van der Waals surface area contributed by atoms with E-state index in [0.29, 0.717) is 12.2 Å². The van der Waals surface area contributed by atoms with Crippen molar-refractivity contribution in [1.29, 1.82) is 0 Å². The normalized spacial score (nSPS) is 10.6. The van der Waals surface area contributed by atoms with Crippen LogP contribution in [0.15, 0.2) is 18.3 Å². The Kier molecular flexibility index (Phi) is 6.43. The van der Waals surface area contributed by atoms with Crippen LogP contribution in [-0.4, -0.2) is 42.0 Å². The second kappa shape index (κ2) is 7.60. The first-order chi connectivity index (χ1) is 8.17. The van der Waals surface area contributed by atoms with Gasteiger partial charge in [0.15, 0.2) is 0 Å². The van der Waals surface area contributed by atoms with Crippen molar-refractivity contribution >= 4 is 28.5 Å². The summed E-state index contributed by atoms with van der Waals surface area (Å²) >= 11 is 2.17. The number of likely N-dealkylation sites (N-methyl/N-ethyl adjacent to an activating group) is 1. The summed E-state index contributed by atoms with van der Waals surface area (Å²) in [5, 5.41) is 2.87. The van der Waals surface area contributed by atoms with Crippen molar-refractivity contribution in [2.75, 3.05) is 26.2 Å². The largest absolute Gasteiger partial charge is 0.349 e. The van der Waals surface area contributed by atoms with Crippen molar-refractivity contribution in [3.63, 3.8) is 0 Å². The Balaban J connectivity index is 2.37. The van der Waals surface area contributed by atoms with E-state index < -0.39 is 0 Å². The molecule has 1 amide bonds. The Morgan fingerprint density at radius 1 is 1.41 bits per heavy atom. The third-order valence-corrected chi connectivity index (χ3v) is 3.21. The van der Waals surface area contributed by atoms with Crippen LogP contribution in [0.4, 0.5) is 0 Å². The smallest absolute Gasteiger partial charge is 0.269 e. The van der Waals surface area contributed by atoms with Gasteiger partial charge in [-0.1, -0.05) is 13.8 Å². The lowest BCUT2D eigenvalue weighted by atomic mass is 10.3. The maximum Gasteiger partial charge on any atom is 0.269 e. The van der Waals surface area contributed by atoms with E-state index in [0.717, 1.165) is 23.2 Å². The van der Waals surface area contributed by atoms with Crippen LogP contribution in [0.1, 0.15) is 24.3 Å². The van der Waals surface area contributed by atoms with Gasteiger partial charge in [-0.3, -0.25) is 4.79 Å². The molecule has 0 unspecified atom stereocenters. The molecule has 0 saturated heterocycles. The van der Waals surface area contributed by atoms with Crippen molar-refractivity contribution in [3.8, 4) is 0 Å². The monoisotopic (exact) mass is 347 g/mol. The van der Waals surface area contributed by atoms with Crippen LogP contribution in [0.3, 0.4) is 0 Å². The number of rotatable bonds is 6. The fourth-order valence-electron chi connectivity index (χ4n) is 1.47. The first-order valence-corrected chi connectivity index (χ1v) is 6.87. The van der Waals surface area contributed by atoms with Gasteiger partial charge in [-0.2, -0.15) is 0 Å². The first-order valence-electron chi connectivity index (χ1n) is 5.79. The van der Waals surface area contributed by atoms with Crippen LogP contribution < -0.4 is 5.32 Å². The summed E-state index contributed by atoms with van der Waals surface area (Å²) in [6.07, 6.45) is 1.69. The molecule has 1 N–H and O–H groups in total. The molecule has 1 aromatic heterocycles. The molecule has 0 fully saturated rings. The molecule has 0 aliphatic heterocycles. The van der Waals surface area contributed by atoms with Gasteiger partial charge in [-0.15, -0.1) is 0 Å². The number of hydrogen-bond donors (Lipinski definition) is 1. The fourth-order valence-corrected chi connectivity index (χ4v) is 1.79. The van der Waals surface area contributed by atoms with Crippen LogP contribution in [0.2, 0.25) is 0 Å². The number of nitrogens with zero attached hydrogens (tertiary/aromatic N) is 2. The van der Waals surface area contributed by atoms with E-state index in [-0.39, 0.29) is 5.91 Å². The molecule has 1 aromatic rings. The van der Waals surface area contributed by atoms with Gasteiger partial charge in [0.25, 0.3) is 5.91 Å². The fraction of sp³-hybridized carbons (Fsp3) is 0.500. The third-order valence-electron chi connectivity index (χ3n) is 2.57. The van der Waals surface area contributed by atoms with Crippen LogP contribution >= 0.6 is 22.6 Å². The summed E-state index contributed by atoms with van der Waals surface area (Å²) in [7, 11) is 0. The number of pyridine rings is 1. The minimum atomic E-state index is -0.103. The van der Waals surface area contributed by atoms with E-state index in [1.807, 2.05) is 6.07 Å². The van der Waals surface area contributed by atoms with Crippen LogP contribution in [0, 0.1) is 3.57 Å². The summed E-state index contributed by atoms with van der Waals surface area (Å²) in [5.74, 6) is -0.103. The average molecular weight is 347 g/mol. The molecule has 1 rings (SSSR count). The van der Waals surface area contributed by atoms with E-state index in [9.17, 15) is 4.79 Å². The summed E-state index contributed by atoms with van der Waals surface area (Å²) in [6, 6.07) is 3.63. The van der Waals surface area contributed by atoms with Gasteiger partial charge in [-0.25, -0.2) is 4.98 Å². The molecule has 0 bridgehead atoms. The minimum absolute atomic E-state index is 0.103. The molecule has 0 spiro atoms. The third kappa shape index (κ3) is 4.99. The molecule has 0 atom stereocenters. The molecule has 0 radical (unpaired) electrons. The summed E-state index contributed by atoms with van der Waals surface area (Å²) < 4.78 is 1.03. The van der Waals surface area contributed by atoms with Crippen LogP contribution in [0.5, 0.6) is 0 Å². The molecular formula is C12H18IN3O. The van der Waals surface area contributed by atoms with Gasteiger partial charge in [0.1, 0.15) is 5.69 Å². The molecule has 94 valence electrons. The Bertz CT molecular complexity index is 349. The van der Waals surface area contributed by atoms with Gasteiger partial charge in [0.05, 0.1) is 0 Å². The summed E-state index contributed by atoms with van der Waals surface area (Å²) in [5.41, 5.74) is 0.477. The van der Waals surface area contributed by atoms with Gasteiger partial charge >= 0.3 is 0 Å². The van der Waals surface area contributed by atoms with E-state index in [1.165, 1.54) is 0 Å². The highest BCUT2D eigenvalue weighted by molar-refractivity contribution is 14.1. The molecule has 0 aromatic carbocycles. The zero-order valence-electron chi connectivity index (χ0n) is 10.2. The van der Waals surface area contributed by atoms with Gasteiger partial charge < -0.3 is 10.2 Å². The van der Waals surface area contributed by atoms with Crippen LogP contribution in [0.25, 0.3) is 0 Å². The predicted octanol–water partition coefficient (Wildman–Crippen LogP) is 1.76. The molecule has 0 aliphatic carbocycles. The van der Waals surface area contributed by atoms with Crippen LogP contribution in [-0.2, 0) is 0 Å². The zero-order chi connectivity index (χ0) is 12.7. The standard InChI is InChI=1S/C12H18IN3O/c1-3-16(4-2)8-7-14-12(17)11-6-5-10(13)9-15-11/h5-6,9H,3-4,7-8H2,1-2H3,(H,14,17). The highest BCUT2D eigenvalue weighted by Crippen LogP contribution is 2.02. The second-order valence-corrected chi connectivity index (χ2v) is 4.89. The molecular weight excluding hydrogens is 329 g/mol. The molecule has 5 heteroatoms. The van der Waals surface area contributed by atoms with Crippen molar-refractivity contribution in [3.05, 3.63) is 27.6 Å². The Labute approximate surface area is 116 Å². The van der Waals surface area contributed by atoms with Gasteiger partial charge in [0.2, 0.25) is 0 Å². The first kappa shape index (κ1) is 14.4. The van der Waals surface area contributed by atoms with E-state index >= 15 is 0 Å². The lowest BCUT2D eigenvalue weighted by Crippen LogP contribution is -2.35. The number of aromatic nitrogens is 1. The van der Waals surface area contributed by atoms with E-state index in [4.69, 9.17) is 0 Å². The topological polar surface area (TPSA) is 45.2 Å². The van der Waals surface area contributed by atoms with Crippen molar-refractivity contribution in [2.45, 2.75) is 13.8 Å². The number of carbonyl (C=O) groups excluding carboxylic acids is 1. The molecule has 1 heterocycles. The number of halogens is 1. The molecule has 17 heavy (non-hydrogen) atoms. The highest BCUT2D eigenvalue weighted by atomic mass is 127. The predicted molar refractivity (Wildman–Crippen MR) is 77.1 cm³/mol. The number of nitrogens with one attached hydrogen (secondary N) is 1. The quantitative estimate of drug-likeness (QED) is 0.798. The number of carbonyl (C=O) groups is 1. The Morgan fingerprint density at radius 3 is 2.65 bits per heavy atom. The van der Waals surface area contributed by atoms with Gasteiger partial charge in [0, 0.05) is 22.9 Å². The maximum absolute atomic E-state index is 11.7. The number of hydrogen-bond acceptors (Lipinski definition) is 3. The van der Waals surface area contributed by atoms with E-state index in [2.05, 4.69) is 51.6 Å². The second-order valence-electron chi connectivity index (χ2n) is 3.64. The van der Waals surface area contributed by atoms with Crippen molar-refractivity contribution in [1.82, 2.24) is 15.2 Å². The zero-order valence-corrected chi connectivity index (χ0v) is 12.4. The van der Waals surface area contributed by atoms with Crippen molar-refractivity contribution < 1.29 is 4.79 Å². The maximum atomic E-state index is 11.7. The minimum Gasteiger partial charge on any atom is -0.349 e. The van der Waals surface area contributed by atoms with Gasteiger partial charge in [-0.05, 0) is 47.8 Å². The molecule has 4 nitrogen and oxygen atoms in total. The lowest BCUT2D eigenvalue weighted by Gasteiger charge is -2.17.